The van der Waals surface area contributed by atoms with Gasteiger partial charge in [-0.15, -0.1) is 11.3 Å². The molecule has 0 unspecified atom stereocenters. The summed E-state index contributed by atoms with van der Waals surface area (Å²) in [4.78, 5) is 0. The summed E-state index contributed by atoms with van der Waals surface area (Å²) in [6, 6.07) is 58.5. The Morgan fingerprint density at radius 3 is 1.72 bits per heavy atom. The molecule has 0 radical (unpaired) electrons. The van der Waals surface area contributed by atoms with Crippen LogP contribution in [0, 0.1) is 0 Å². The van der Waals surface area contributed by atoms with Crippen LogP contribution in [-0.2, 0) is 5.41 Å². The molecule has 0 bridgehead atoms. The minimum Gasteiger partial charge on any atom is -0.456 e. The van der Waals surface area contributed by atoms with E-state index in [9.17, 15) is 0 Å². The Labute approximate surface area is 310 Å². The van der Waals surface area contributed by atoms with Crippen LogP contribution in [0.1, 0.15) is 25.0 Å². The van der Waals surface area contributed by atoms with Crippen LogP contribution >= 0.6 is 11.3 Å². The predicted octanol–water partition coefficient (Wildman–Crippen LogP) is 15.1. The summed E-state index contributed by atoms with van der Waals surface area (Å²) in [6.45, 7) is 4.70. The number of benzene rings is 9. The lowest BCUT2D eigenvalue weighted by atomic mass is 9.81. The molecular formula is C51H32OS. The zero-order chi connectivity index (χ0) is 35.0. The average molecular weight is 693 g/mol. The zero-order valence-corrected chi connectivity index (χ0v) is 30.1. The molecule has 1 aliphatic rings. The first kappa shape index (κ1) is 29.4. The van der Waals surface area contributed by atoms with Crippen LogP contribution in [0.15, 0.2) is 162 Å². The van der Waals surface area contributed by atoms with Crippen molar-refractivity contribution in [1.82, 2.24) is 0 Å². The topological polar surface area (TPSA) is 13.1 Å². The molecular weight excluding hydrogens is 661 g/mol. The zero-order valence-electron chi connectivity index (χ0n) is 29.3. The van der Waals surface area contributed by atoms with Crippen LogP contribution in [-0.4, -0.2) is 0 Å². The van der Waals surface area contributed by atoms with Crippen molar-refractivity contribution < 1.29 is 4.42 Å². The van der Waals surface area contributed by atoms with Gasteiger partial charge >= 0.3 is 0 Å². The second kappa shape index (κ2) is 10.4. The molecule has 0 atom stereocenters. The van der Waals surface area contributed by atoms with Gasteiger partial charge in [-0.05, 0) is 108 Å². The summed E-state index contributed by atoms with van der Waals surface area (Å²) in [7, 11) is 0. The quantitative estimate of drug-likeness (QED) is 0.164. The monoisotopic (exact) mass is 692 g/mol. The fraction of sp³-hybridized carbons (Fsp3) is 0.0588. The van der Waals surface area contributed by atoms with Crippen molar-refractivity contribution >= 4 is 85.8 Å². The van der Waals surface area contributed by atoms with E-state index < -0.39 is 0 Å². The van der Waals surface area contributed by atoms with E-state index in [-0.39, 0.29) is 5.41 Å². The molecule has 2 heteroatoms. The van der Waals surface area contributed by atoms with Gasteiger partial charge in [-0.3, -0.25) is 0 Å². The Hall–Kier alpha value is -6.22. The predicted molar refractivity (Wildman–Crippen MR) is 228 cm³/mol. The molecule has 1 aliphatic carbocycles. The van der Waals surface area contributed by atoms with Gasteiger partial charge < -0.3 is 4.42 Å². The third-order valence-corrected chi connectivity index (χ3v) is 13.3. The van der Waals surface area contributed by atoms with Gasteiger partial charge in [0.25, 0.3) is 0 Å². The molecule has 2 aromatic heterocycles. The largest absolute Gasteiger partial charge is 0.456 e. The SMILES string of the molecule is CC1(C)c2ccccc2-c2cc(-c3c4ccccc4c(-c4ccc5c(c4)oc4ccc6c(ccc7c8ccccc8sc76)c45)c4ccccc34)ccc21. The maximum atomic E-state index is 6.70. The first-order chi connectivity index (χ1) is 26.0. The van der Waals surface area contributed by atoms with Crippen molar-refractivity contribution in [2.75, 3.05) is 0 Å². The lowest BCUT2D eigenvalue weighted by Crippen LogP contribution is -2.14. The summed E-state index contributed by atoms with van der Waals surface area (Å²) in [5, 5.41) is 12.5. The molecule has 53 heavy (non-hydrogen) atoms. The molecule has 1 nitrogen and oxygen atoms in total. The normalized spacial score (nSPS) is 13.6. The Kier molecular flexibility index (Phi) is 5.78. The highest BCUT2D eigenvalue weighted by Crippen LogP contribution is 2.51. The lowest BCUT2D eigenvalue weighted by Gasteiger charge is -2.22. The van der Waals surface area contributed by atoms with Crippen molar-refractivity contribution in [3.05, 3.63) is 169 Å². The summed E-state index contributed by atoms with van der Waals surface area (Å²) < 4.78 is 9.37. The van der Waals surface area contributed by atoms with Gasteiger partial charge in [0, 0.05) is 41.7 Å². The summed E-state index contributed by atoms with van der Waals surface area (Å²) in [5.41, 5.74) is 12.3. The minimum atomic E-state index is -0.0229. The summed E-state index contributed by atoms with van der Waals surface area (Å²) >= 11 is 1.88. The van der Waals surface area contributed by atoms with Gasteiger partial charge in [-0.1, -0.05) is 135 Å². The molecule has 2 heterocycles. The highest BCUT2D eigenvalue weighted by atomic mass is 32.1. The Morgan fingerprint density at radius 1 is 0.415 bits per heavy atom. The highest BCUT2D eigenvalue weighted by molar-refractivity contribution is 7.26. The van der Waals surface area contributed by atoms with E-state index in [1.165, 1.54) is 96.8 Å². The number of hydrogen-bond donors (Lipinski definition) is 0. The molecule has 9 aromatic carbocycles. The maximum Gasteiger partial charge on any atom is 0.136 e. The van der Waals surface area contributed by atoms with Crippen molar-refractivity contribution in [1.29, 1.82) is 0 Å². The number of fused-ring (bicyclic) bond motifs is 14. The van der Waals surface area contributed by atoms with Crippen molar-refractivity contribution in [3.8, 4) is 33.4 Å². The standard InChI is InChI=1S/C51H32OS/c1-51(2)42-17-9-7-11-31(42)41-27-29(20-25-43(41)51)47-33-13-3-5-15-35(33)48(36-16-6-4-14-34(36)47)30-19-21-40-45(28-30)52-44-26-24-39-37(49(40)44)22-23-38-32-12-8-10-18-46(32)53-50(38)39/h3-28H,1-2H3. The van der Waals surface area contributed by atoms with E-state index in [1.807, 2.05) is 11.3 Å². The number of furan rings is 1. The Balaban J connectivity index is 1.08. The number of hydrogen-bond acceptors (Lipinski definition) is 2. The molecule has 0 saturated heterocycles. The van der Waals surface area contributed by atoms with Crippen LogP contribution < -0.4 is 0 Å². The second-order valence-corrected chi connectivity index (χ2v) is 16.2. The van der Waals surface area contributed by atoms with Gasteiger partial charge in [0.2, 0.25) is 0 Å². The fourth-order valence-corrected chi connectivity index (χ4v) is 10.9. The number of rotatable bonds is 2. The van der Waals surface area contributed by atoms with Gasteiger partial charge in [-0.25, -0.2) is 0 Å². The van der Waals surface area contributed by atoms with E-state index in [2.05, 4.69) is 172 Å². The smallest absolute Gasteiger partial charge is 0.136 e. The molecule has 0 N–H and O–H groups in total. The third kappa shape index (κ3) is 3.91. The Bertz CT molecular complexity index is 3320. The molecule has 12 rings (SSSR count). The first-order valence-corrected chi connectivity index (χ1v) is 19.2. The Morgan fingerprint density at radius 2 is 0.962 bits per heavy atom. The maximum absolute atomic E-state index is 6.70. The van der Waals surface area contributed by atoms with E-state index in [0.29, 0.717) is 0 Å². The molecule has 11 aromatic rings. The molecule has 248 valence electrons. The van der Waals surface area contributed by atoms with E-state index >= 15 is 0 Å². The van der Waals surface area contributed by atoms with Gasteiger partial charge in [0.15, 0.2) is 0 Å². The first-order valence-electron chi connectivity index (χ1n) is 18.4. The van der Waals surface area contributed by atoms with Crippen LogP contribution in [0.2, 0.25) is 0 Å². The van der Waals surface area contributed by atoms with E-state index in [1.54, 1.807) is 0 Å². The van der Waals surface area contributed by atoms with Crippen molar-refractivity contribution in [3.63, 3.8) is 0 Å². The third-order valence-electron chi connectivity index (χ3n) is 12.1. The van der Waals surface area contributed by atoms with Crippen molar-refractivity contribution in [2.45, 2.75) is 19.3 Å². The fourth-order valence-electron chi connectivity index (χ4n) is 9.64. The highest BCUT2D eigenvalue weighted by Gasteiger charge is 2.35. The molecule has 0 spiro atoms. The van der Waals surface area contributed by atoms with Gasteiger partial charge in [-0.2, -0.15) is 0 Å². The van der Waals surface area contributed by atoms with Crippen LogP contribution in [0.25, 0.3) is 108 Å². The lowest BCUT2D eigenvalue weighted by molar-refractivity contribution is 0.660. The summed E-state index contributed by atoms with van der Waals surface area (Å²) in [6.07, 6.45) is 0. The molecule has 0 saturated carbocycles. The minimum absolute atomic E-state index is 0.0229. The average Bonchev–Trinajstić information content (AvgIpc) is 3.84. The molecule has 0 amide bonds. The van der Waals surface area contributed by atoms with Crippen LogP contribution in [0.5, 0.6) is 0 Å². The molecule has 0 aliphatic heterocycles. The molecule has 0 fully saturated rings. The van der Waals surface area contributed by atoms with E-state index in [4.69, 9.17) is 4.42 Å². The van der Waals surface area contributed by atoms with E-state index in [0.717, 1.165) is 22.1 Å². The number of thiophene rings is 1. The van der Waals surface area contributed by atoms with Crippen LogP contribution in [0.4, 0.5) is 0 Å². The van der Waals surface area contributed by atoms with Crippen LogP contribution in [0.3, 0.4) is 0 Å². The summed E-state index contributed by atoms with van der Waals surface area (Å²) in [5.74, 6) is 0. The van der Waals surface area contributed by atoms with Crippen molar-refractivity contribution in [2.24, 2.45) is 0 Å². The van der Waals surface area contributed by atoms with Gasteiger partial charge in [0.05, 0.1) is 0 Å². The van der Waals surface area contributed by atoms with Gasteiger partial charge in [0.1, 0.15) is 11.2 Å². The second-order valence-electron chi connectivity index (χ2n) is 15.2.